The fourth-order valence-electron chi connectivity index (χ4n) is 2.82. The van der Waals surface area contributed by atoms with Crippen molar-refractivity contribution in [3.8, 4) is 0 Å². The topological polar surface area (TPSA) is 68.1 Å². The molecule has 2 aromatic rings. The Morgan fingerprint density at radius 1 is 1.30 bits per heavy atom. The third-order valence-corrected chi connectivity index (χ3v) is 4.09. The van der Waals surface area contributed by atoms with Gasteiger partial charge in [0.05, 0.1) is 0 Å². The van der Waals surface area contributed by atoms with Crippen LogP contribution in [0.2, 0.25) is 0 Å². The highest BCUT2D eigenvalue weighted by Gasteiger charge is 2.32. The van der Waals surface area contributed by atoms with Crippen LogP contribution in [-0.2, 0) is 17.8 Å². The van der Waals surface area contributed by atoms with Gasteiger partial charge in [-0.1, -0.05) is 0 Å². The Labute approximate surface area is 136 Å². The van der Waals surface area contributed by atoms with E-state index >= 15 is 0 Å². The lowest BCUT2D eigenvalue weighted by atomic mass is 10.1. The van der Waals surface area contributed by atoms with Crippen LogP contribution in [-0.4, -0.2) is 46.3 Å². The molecule has 0 aromatic carbocycles. The van der Waals surface area contributed by atoms with E-state index in [9.17, 15) is 0 Å². The monoisotopic (exact) mass is 316 g/mol. The summed E-state index contributed by atoms with van der Waals surface area (Å²) >= 11 is 0. The Balaban J connectivity index is 1.63. The molecule has 3 heterocycles. The molecule has 0 saturated carbocycles. The van der Waals surface area contributed by atoms with E-state index in [2.05, 4.69) is 31.8 Å². The lowest BCUT2D eigenvalue weighted by Gasteiger charge is -2.20. The minimum absolute atomic E-state index is 0.00640. The number of aryl methyl sites for hydroxylation is 1. The lowest BCUT2D eigenvalue weighted by Crippen LogP contribution is -2.32. The van der Waals surface area contributed by atoms with E-state index in [0.717, 1.165) is 43.5 Å². The molecule has 124 valence electrons. The van der Waals surface area contributed by atoms with E-state index in [4.69, 9.17) is 4.74 Å². The van der Waals surface area contributed by atoms with Crippen molar-refractivity contribution in [2.24, 2.45) is 0 Å². The van der Waals surface area contributed by atoms with Crippen LogP contribution in [0.15, 0.2) is 24.8 Å². The molecule has 0 spiro atoms. The van der Waals surface area contributed by atoms with Crippen LogP contribution in [0.25, 0.3) is 0 Å². The predicted molar refractivity (Wildman–Crippen MR) is 88.2 cm³/mol. The fraction of sp³-hybridized carbons (Fsp3) is 0.562. The second kappa shape index (κ2) is 7.06. The second-order valence-electron chi connectivity index (χ2n) is 5.92. The number of hydrogen-bond donors (Lipinski definition) is 1. The number of nitrogens with one attached hydrogen (secondary N) is 1. The molecule has 1 fully saturated rings. The molecule has 1 aliphatic rings. The quantitative estimate of drug-likeness (QED) is 0.868. The SMILES string of the molecule is CCn1ccnc1[C@H]1OCC[C@@H]1NCc1cnc(N(C)C)nc1. The first kappa shape index (κ1) is 15.9. The standard InChI is InChI=1S/C16H24N6O/c1-4-22-7-6-17-15(22)14-13(5-8-23-14)18-9-12-10-19-16(20-11-12)21(2)3/h6-7,10-11,13-14,18H,4-5,8-9H2,1-3H3/t13-,14-/m0/s1. The molecule has 1 aliphatic heterocycles. The Hall–Kier alpha value is -1.99. The summed E-state index contributed by atoms with van der Waals surface area (Å²) in [6.07, 6.45) is 8.57. The van der Waals surface area contributed by atoms with Crippen LogP contribution in [0.1, 0.15) is 30.8 Å². The van der Waals surface area contributed by atoms with Gasteiger partial charge >= 0.3 is 0 Å². The van der Waals surface area contributed by atoms with Gasteiger partial charge in [-0.25, -0.2) is 15.0 Å². The third-order valence-electron chi connectivity index (χ3n) is 4.09. The summed E-state index contributed by atoms with van der Waals surface area (Å²) in [5.74, 6) is 1.72. The second-order valence-corrected chi connectivity index (χ2v) is 5.92. The maximum atomic E-state index is 5.91. The molecule has 0 radical (unpaired) electrons. The predicted octanol–water partition coefficient (Wildman–Crippen LogP) is 1.38. The van der Waals surface area contributed by atoms with Gasteiger partial charge in [-0.15, -0.1) is 0 Å². The van der Waals surface area contributed by atoms with E-state index in [1.165, 1.54) is 0 Å². The first-order chi connectivity index (χ1) is 11.2. The number of hydrogen-bond acceptors (Lipinski definition) is 6. The Morgan fingerprint density at radius 3 is 2.78 bits per heavy atom. The molecule has 0 amide bonds. The van der Waals surface area contributed by atoms with Crippen LogP contribution >= 0.6 is 0 Å². The van der Waals surface area contributed by atoms with Gasteiger partial charge in [-0.3, -0.25) is 0 Å². The van der Waals surface area contributed by atoms with Crippen molar-refractivity contribution in [3.05, 3.63) is 36.2 Å². The summed E-state index contributed by atoms with van der Waals surface area (Å²) in [4.78, 5) is 15.1. The van der Waals surface area contributed by atoms with Crippen LogP contribution in [0.3, 0.4) is 0 Å². The highest BCUT2D eigenvalue weighted by atomic mass is 16.5. The van der Waals surface area contributed by atoms with Crippen molar-refractivity contribution in [3.63, 3.8) is 0 Å². The highest BCUT2D eigenvalue weighted by Crippen LogP contribution is 2.28. The molecule has 0 unspecified atom stereocenters. The van der Waals surface area contributed by atoms with Gasteiger partial charge in [0.15, 0.2) is 0 Å². The van der Waals surface area contributed by atoms with Gasteiger partial charge in [0, 0.05) is 70.2 Å². The fourth-order valence-corrected chi connectivity index (χ4v) is 2.82. The van der Waals surface area contributed by atoms with Gasteiger partial charge in [-0.2, -0.15) is 0 Å². The number of rotatable bonds is 6. The molecule has 1 saturated heterocycles. The van der Waals surface area contributed by atoms with Crippen molar-refractivity contribution < 1.29 is 4.74 Å². The summed E-state index contributed by atoms with van der Waals surface area (Å²) in [6.45, 7) is 4.51. The summed E-state index contributed by atoms with van der Waals surface area (Å²) in [5, 5.41) is 3.56. The van der Waals surface area contributed by atoms with Crippen molar-refractivity contribution >= 4 is 5.95 Å². The summed E-state index contributed by atoms with van der Waals surface area (Å²) in [7, 11) is 3.87. The Kier molecular flexibility index (Phi) is 4.88. The Bertz CT molecular complexity index is 624. The van der Waals surface area contributed by atoms with Gasteiger partial charge in [0.1, 0.15) is 11.9 Å². The van der Waals surface area contributed by atoms with Crippen LogP contribution in [0.5, 0.6) is 0 Å². The number of aromatic nitrogens is 4. The lowest BCUT2D eigenvalue weighted by molar-refractivity contribution is 0.0886. The minimum atomic E-state index is 0.00640. The molecular weight excluding hydrogens is 292 g/mol. The maximum absolute atomic E-state index is 5.91. The number of anilines is 1. The van der Waals surface area contributed by atoms with E-state index < -0.39 is 0 Å². The first-order valence-corrected chi connectivity index (χ1v) is 8.03. The number of nitrogens with zero attached hydrogens (tertiary/aromatic N) is 5. The van der Waals surface area contributed by atoms with E-state index in [-0.39, 0.29) is 12.1 Å². The smallest absolute Gasteiger partial charge is 0.224 e. The van der Waals surface area contributed by atoms with Crippen molar-refractivity contribution in [1.29, 1.82) is 0 Å². The van der Waals surface area contributed by atoms with Gasteiger partial charge in [0.25, 0.3) is 0 Å². The Morgan fingerprint density at radius 2 is 2.09 bits per heavy atom. The molecule has 7 nitrogen and oxygen atoms in total. The summed E-state index contributed by atoms with van der Waals surface area (Å²) < 4.78 is 8.05. The first-order valence-electron chi connectivity index (χ1n) is 8.03. The average molecular weight is 316 g/mol. The molecule has 23 heavy (non-hydrogen) atoms. The van der Waals surface area contributed by atoms with Crippen molar-refractivity contribution in [1.82, 2.24) is 24.8 Å². The van der Waals surface area contributed by atoms with Gasteiger partial charge in [-0.05, 0) is 13.3 Å². The van der Waals surface area contributed by atoms with Gasteiger partial charge in [0.2, 0.25) is 5.95 Å². The molecular formula is C16H24N6O. The molecule has 2 atom stereocenters. The van der Waals surface area contributed by atoms with Crippen molar-refractivity contribution in [2.45, 2.75) is 38.6 Å². The van der Waals surface area contributed by atoms with Crippen LogP contribution < -0.4 is 10.2 Å². The molecule has 2 aromatic heterocycles. The average Bonchev–Trinajstić information content (AvgIpc) is 3.21. The summed E-state index contributed by atoms with van der Waals surface area (Å²) in [5.41, 5.74) is 1.07. The largest absolute Gasteiger partial charge is 0.369 e. The van der Waals surface area contributed by atoms with Crippen LogP contribution in [0, 0.1) is 0 Å². The molecule has 0 bridgehead atoms. The van der Waals surface area contributed by atoms with Gasteiger partial charge < -0.3 is 19.5 Å². The number of ether oxygens (including phenoxy) is 1. The van der Waals surface area contributed by atoms with E-state index in [0.29, 0.717) is 0 Å². The molecule has 0 aliphatic carbocycles. The maximum Gasteiger partial charge on any atom is 0.224 e. The van der Waals surface area contributed by atoms with E-state index in [1.807, 2.05) is 43.8 Å². The third kappa shape index (κ3) is 3.51. The number of imidazole rings is 1. The van der Waals surface area contributed by atoms with E-state index in [1.54, 1.807) is 0 Å². The zero-order chi connectivity index (χ0) is 16.2. The van der Waals surface area contributed by atoms with Crippen LogP contribution in [0.4, 0.5) is 5.95 Å². The molecule has 3 rings (SSSR count). The summed E-state index contributed by atoms with van der Waals surface area (Å²) in [6, 6.07) is 0.260. The zero-order valence-corrected chi connectivity index (χ0v) is 13.9. The normalized spacial score (nSPS) is 20.8. The highest BCUT2D eigenvalue weighted by molar-refractivity contribution is 5.26. The minimum Gasteiger partial charge on any atom is -0.369 e. The molecule has 7 heteroatoms. The zero-order valence-electron chi connectivity index (χ0n) is 13.9. The van der Waals surface area contributed by atoms with Crippen molar-refractivity contribution in [2.75, 3.05) is 25.6 Å². The molecule has 1 N–H and O–H groups in total.